The molecule has 0 amide bonds. The van der Waals surface area contributed by atoms with E-state index in [2.05, 4.69) is 30.7 Å². The lowest BCUT2D eigenvalue weighted by molar-refractivity contribution is 0.0943. The fraction of sp³-hybridized carbons (Fsp3) is 0.429. The monoisotopic (exact) mass is 431 g/mol. The largest absolute Gasteiger partial charge is 0.389 e. The van der Waals surface area contributed by atoms with E-state index in [9.17, 15) is 13.9 Å². The molecule has 0 atom stereocenters. The van der Waals surface area contributed by atoms with Gasteiger partial charge in [0, 0.05) is 24.0 Å². The fourth-order valence-corrected chi connectivity index (χ4v) is 2.77. The molecular weight excluding hydrogens is 404 g/mol. The van der Waals surface area contributed by atoms with Crippen molar-refractivity contribution in [2.45, 2.75) is 46.1 Å². The Balaban J connectivity index is 1.94. The first kappa shape index (κ1) is 22.5. The van der Waals surface area contributed by atoms with E-state index in [1.807, 2.05) is 19.9 Å². The average Bonchev–Trinajstić information content (AvgIpc) is 3.14. The van der Waals surface area contributed by atoms with Crippen LogP contribution in [0.4, 0.5) is 26.2 Å². The molecule has 0 aliphatic heterocycles. The van der Waals surface area contributed by atoms with E-state index in [1.54, 1.807) is 42.9 Å². The molecule has 0 aliphatic rings. The Bertz CT molecular complexity index is 1070. The molecule has 31 heavy (non-hydrogen) atoms. The number of fused-ring (bicyclic) bond motifs is 1. The van der Waals surface area contributed by atoms with Gasteiger partial charge in [-0.25, -0.2) is 23.3 Å². The van der Waals surface area contributed by atoms with E-state index >= 15 is 0 Å². The molecule has 0 aliphatic carbocycles. The molecule has 8 nitrogen and oxygen atoms in total. The molecule has 3 rings (SSSR count). The van der Waals surface area contributed by atoms with Gasteiger partial charge in [0.05, 0.1) is 29.6 Å². The number of aliphatic imine (C=N–C) groups is 1. The van der Waals surface area contributed by atoms with Crippen molar-refractivity contribution in [3.63, 3.8) is 0 Å². The third kappa shape index (κ3) is 5.94. The zero-order valence-corrected chi connectivity index (χ0v) is 18.0. The van der Waals surface area contributed by atoms with Crippen molar-refractivity contribution in [2.24, 2.45) is 4.99 Å². The highest BCUT2D eigenvalue weighted by atomic mass is 19.3. The third-order valence-electron chi connectivity index (χ3n) is 4.49. The number of nitrogens with one attached hydrogen (secondary N) is 2. The van der Waals surface area contributed by atoms with Gasteiger partial charge in [-0.15, -0.1) is 5.10 Å². The predicted molar refractivity (Wildman–Crippen MR) is 119 cm³/mol. The van der Waals surface area contributed by atoms with Gasteiger partial charge >= 0.3 is 0 Å². The molecule has 0 unspecified atom stereocenters. The Morgan fingerprint density at radius 1 is 1.26 bits per heavy atom. The molecule has 0 bridgehead atoms. The van der Waals surface area contributed by atoms with Gasteiger partial charge in [-0.05, 0) is 45.4 Å². The standard InChI is InChI=1S/C21H27F2N7O/c1-5-13(2)27-16-7-6-15(28-19(16)24-11-18(22)23)14-8-9-30-17(14)10-25-20(29-30)26-12-21(3,4)31/h6-10,18,31H,5,11-12H2,1-4H3,(H,24,28)(H,26,29). The number of nitrogens with zero attached hydrogens (tertiary/aromatic N) is 5. The molecule has 0 spiro atoms. The SMILES string of the molecule is CCC(C)=Nc1ccc(-c2ccn3nc(NCC(C)(C)O)ncc23)nc1NCC(F)F. The Hall–Kier alpha value is -3.14. The van der Waals surface area contributed by atoms with Crippen LogP contribution in [0.5, 0.6) is 0 Å². The molecule has 0 saturated heterocycles. The molecule has 3 aromatic rings. The van der Waals surface area contributed by atoms with Crippen LogP contribution in [-0.2, 0) is 0 Å². The molecule has 0 radical (unpaired) electrons. The summed E-state index contributed by atoms with van der Waals surface area (Å²) in [5.41, 5.74) is 2.56. The number of hydrogen-bond donors (Lipinski definition) is 3. The van der Waals surface area contributed by atoms with Crippen molar-refractivity contribution < 1.29 is 13.9 Å². The number of rotatable bonds is 9. The summed E-state index contributed by atoms with van der Waals surface area (Å²) < 4.78 is 27.2. The summed E-state index contributed by atoms with van der Waals surface area (Å²) in [6.07, 6.45) is 1.66. The number of halogens is 2. The van der Waals surface area contributed by atoms with Crippen LogP contribution in [0.3, 0.4) is 0 Å². The van der Waals surface area contributed by atoms with E-state index < -0.39 is 18.6 Å². The van der Waals surface area contributed by atoms with Crippen molar-refractivity contribution >= 4 is 28.7 Å². The average molecular weight is 431 g/mol. The first-order valence-electron chi connectivity index (χ1n) is 10.0. The van der Waals surface area contributed by atoms with E-state index in [4.69, 9.17) is 0 Å². The van der Waals surface area contributed by atoms with Gasteiger partial charge in [-0.2, -0.15) is 0 Å². The number of aliphatic hydroxyl groups is 1. The fourth-order valence-electron chi connectivity index (χ4n) is 2.77. The second-order valence-electron chi connectivity index (χ2n) is 7.84. The van der Waals surface area contributed by atoms with Gasteiger partial charge in [-0.1, -0.05) is 6.92 Å². The lowest BCUT2D eigenvalue weighted by Crippen LogP contribution is -2.30. The molecule has 10 heteroatoms. The predicted octanol–water partition coefficient (Wildman–Crippen LogP) is 4.15. The quantitative estimate of drug-likeness (QED) is 0.440. The lowest BCUT2D eigenvalue weighted by atomic mass is 10.1. The van der Waals surface area contributed by atoms with Crippen LogP contribution in [0.1, 0.15) is 34.1 Å². The maximum atomic E-state index is 12.8. The normalized spacial score (nSPS) is 12.6. The van der Waals surface area contributed by atoms with Crippen LogP contribution in [0.2, 0.25) is 0 Å². The first-order valence-corrected chi connectivity index (χ1v) is 10.0. The third-order valence-corrected chi connectivity index (χ3v) is 4.49. The maximum absolute atomic E-state index is 12.8. The Morgan fingerprint density at radius 2 is 2.03 bits per heavy atom. The zero-order chi connectivity index (χ0) is 22.6. The number of anilines is 2. The molecule has 166 valence electrons. The lowest BCUT2D eigenvalue weighted by Gasteiger charge is -2.17. The van der Waals surface area contributed by atoms with Gasteiger partial charge in [0.1, 0.15) is 5.69 Å². The number of pyridine rings is 1. The van der Waals surface area contributed by atoms with Crippen molar-refractivity contribution in [1.29, 1.82) is 0 Å². The van der Waals surface area contributed by atoms with E-state index in [-0.39, 0.29) is 0 Å². The van der Waals surface area contributed by atoms with Crippen LogP contribution in [-0.4, -0.2) is 55.5 Å². The highest BCUT2D eigenvalue weighted by Crippen LogP contribution is 2.30. The number of aromatic nitrogens is 4. The summed E-state index contributed by atoms with van der Waals surface area (Å²) >= 11 is 0. The smallest absolute Gasteiger partial charge is 0.255 e. The van der Waals surface area contributed by atoms with Crippen LogP contribution in [0.25, 0.3) is 16.8 Å². The van der Waals surface area contributed by atoms with Crippen LogP contribution in [0, 0.1) is 0 Å². The molecule has 0 saturated carbocycles. The van der Waals surface area contributed by atoms with Gasteiger partial charge in [0.25, 0.3) is 6.43 Å². The summed E-state index contributed by atoms with van der Waals surface area (Å²) in [5.74, 6) is 0.679. The maximum Gasteiger partial charge on any atom is 0.255 e. The van der Waals surface area contributed by atoms with Crippen molar-refractivity contribution in [2.75, 3.05) is 23.7 Å². The van der Waals surface area contributed by atoms with Crippen molar-refractivity contribution in [1.82, 2.24) is 19.6 Å². The van der Waals surface area contributed by atoms with Crippen LogP contribution >= 0.6 is 0 Å². The molecule has 3 N–H and O–H groups in total. The summed E-state index contributed by atoms with van der Waals surface area (Å²) in [4.78, 5) is 13.3. The van der Waals surface area contributed by atoms with Crippen LogP contribution < -0.4 is 10.6 Å². The highest BCUT2D eigenvalue weighted by molar-refractivity contribution is 5.87. The first-order chi connectivity index (χ1) is 14.7. The van der Waals surface area contributed by atoms with Gasteiger partial charge < -0.3 is 15.7 Å². The Kier molecular flexibility index (Phi) is 6.79. The molecule has 0 fully saturated rings. The minimum absolute atomic E-state index is 0.298. The summed E-state index contributed by atoms with van der Waals surface area (Å²) in [5, 5.41) is 19.9. The highest BCUT2D eigenvalue weighted by Gasteiger charge is 2.15. The van der Waals surface area contributed by atoms with Gasteiger partial charge in [-0.3, -0.25) is 4.99 Å². The van der Waals surface area contributed by atoms with E-state index in [0.717, 1.165) is 17.7 Å². The molecule has 0 aromatic carbocycles. The minimum Gasteiger partial charge on any atom is -0.389 e. The van der Waals surface area contributed by atoms with Gasteiger partial charge in [0.2, 0.25) is 5.95 Å². The Morgan fingerprint density at radius 3 is 2.71 bits per heavy atom. The van der Waals surface area contributed by atoms with Crippen molar-refractivity contribution in [3.8, 4) is 11.3 Å². The van der Waals surface area contributed by atoms with Gasteiger partial charge in [0.15, 0.2) is 5.82 Å². The summed E-state index contributed by atoms with van der Waals surface area (Å²) in [7, 11) is 0. The molecule has 3 aromatic heterocycles. The number of alkyl halides is 2. The summed E-state index contributed by atoms with van der Waals surface area (Å²) in [6, 6.07) is 5.40. The van der Waals surface area contributed by atoms with Crippen molar-refractivity contribution in [3.05, 3.63) is 30.6 Å². The van der Waals surface area contributed by atoms with E-state index in [0.29, 0.717) is 35.2 Å². The van der Waals surface area contributed by atoms with Crippen LogP contribution in [0.15, 0.2) is 35.6 Å². The topological polar surface area (TPSA) is 99.7 Å². The zero-order valence-electron chi connectivity index (χ0n) is 18.0. The molecule has 3 heterocycles. The minimum atomic E-state index is -2.51. The summed E-state index contributed by atoms with van der Waals surface area (Å²) in [6.45, 7) is 7.02. The molecular formula is C21H27F2N7O. The number of hydrogen-bond acceptors (Lipinski definition) is 7. The second-order valence-corrected chi connectivity index (χ2v) is 7.84. The second kappa shape index (κ2) is 9.34. The Labute approximate surface area is 179 Å². The van der Waals surface area contributed by atoms with E-state index in [1.165, 1.54) is 0 Å².